The highest BCUT2D eigenvalue weighted by Gasteiger charge is 2.22. The lowest BCUT2D eigenvalue weighted by Crippen LogP contribution is -2.19. The van der Waals surface area contributed by atoms with Crippen LogP contribution in [0.15, 0.2) is 36.4 Å². The monoisotopic (exact) mass is 261 g/mol. The Morgan fingerprint density at radius 2 is 1.78 bits per heavy atom. The fraction of sp³-hybridized carbons (Fsp3) is 0.333. The van der Waals surface area contributed by atoms with Crippen molar-refractivity contribution >= 4 is 11.3 Å². The van der Waals surface area contributed by atoms with Gasteiger partial charge < -0.3 is 10.8 Å². The third-order valence-corrected chi connectivity index (χ3v) is 4.26. The first-order valence-electron chi connectivity index (χ1n) is 6.13. The van der Waals surface area contributed by atoms with Gasteiger partial charge in [-0.1, -0.05) is 29.8 Å². The summed E-state index contributed by atoms with van der Waals surface area (Å²) in [5.41, 5.74) is 8.15. The van der Waals surface area contributed by atoms with E-state index in [1.165, 1.54) is 10.4 Å². The van der Waals surface area contributed by atoms with E-state index in [9.17, 15) is 5.11 Å². The summed E-state index contributed by atoms with van der Waals surface area (Å²) in [6, 6.07) is 12.2. The van der Waals surface area contributed by atoms with E-state index in [2.05, 4.69) is 31.2 Å². The van der Waals surface area contributed by atoms with Crippen LogP contribution in [0.25, 0.3) is 0 Å². The van der Waals surface area contributed by atoms with Crippen molar-refractivity contribution in [1.82, 2.24) is 0 Å². The van der Waals surface area contributed by atoms with Gasteiger partial charge in [-0.15, -0.1) is 11.3 Å². The molecule has 0 fully saturated rings. The maximum absolute atomic E-state index is 10.4. The molecule has 2 unspecified atom stereocenters. The van der Waals surface area contributed by atoms with Crippen molar-refractivity contribution in [3.8, 4) is 0 Å². The molecule has 18 heavy (non-hydrogen) atoms. The average Bonchev–Trinajstić information content (AvgIpc) is 2.79. The Kier molecular flexibility index (Phi) is 4.17. The van der Waals surface area contributed by atoms with Gasteiger partial charge in [-0.3, -0.25) is 0 Å². The van der Waals surface area contributed by atoms with Crippen LogP contribution in [0.2, 0.25) is 0 Å². The molecule has 2 aromatic rings. The first-order chi connectivity index (χ1) is 8.61. The highest BCUT2D eigenvalue weighted by Crippen LogP contribution is 2.33. The van der Waals surface area contributed by atoms with Gasteiger partial charge in [-0.05, 0) is 31.5 Å². The molecule has 3 heteroatoms. The molecule has 0 aliphatic carbocycles. The van der Waals surface area contributed by atoms with Gasteiger partial charge in [0.25, 0.3) is 0 Å². The molecule has 0 bridgehead atoms. The van der Waals surface area contributed by atoms with Gasteiger partial charge in [0.15, 0.2) is 0 Å². The van der Waals surface area contributed by atoms with Crippen LogP contribution < -0.4 is 5.73 Å². The fourth-order valence-corrected chi connectivity index (χ4v) is 3.00. The second kappa shape index (κ2) is 5.65. The molecule has 0 saturated carbocycles. The van der Waals surface area contributed by atoms with E-state index in [1.54, 1.807) is 11.3 Å². The maximum Gasteiger partial charge on any atom is 0.0962 e. The number of rotatable bonds is 4. The molecule has 2 nitrogen and oxygen atoms in total. The smallest absolute Gasteiger partial charge is 0.0962 e. The van der Waals surface area contributed by atoms with E-state index in [0.29, 0.717) is 6.54 Å². The van der Waals surface area contributed by atoms with E-state index in [4.69, 9.17) is 5.73 Å². The normalized spacial score (nSPS) is 14.4. The highest BCUT2D eigenvalue weighted by atomic mass is 32.1. The van der Waals surface area contributed by atoms with Gasteiger partial charge in [0.05, 0.1) is 6.10 Å². The second-order valence-electron chi connectivity index (χ2n) is 4.65. The van der Waals surface area contributed by atoms with Crippen molar-refractivity contribution in [2.75, 3.05) is 6.54 Å². The molecule has 0 radical (unpaired) electrons. The zero-order valence-corrected chi connectivity index (χ0v) is 11.6. The molecular weight excluding hydrogens is 242 g/mol. The van der Waals surface area contributed by atoms with Gasteiger partial charge in [-0.25, -0.2) is 0 Å². The van der Waals surface area contributed by atoms with Crippen LogP contribution in [0.4, 0.5) is 0 Å². The van der Waals surface area contributed by atoms with Gasteiger partial charge in [0.1, 0.15) is 0 Å². The summed E-state index contributed by atoms with van der Waals surface area (Å²) in [6.45, 7) is 4.55. The number of aliphatic hydroxyl groups excluding tert-OH is 1. The third kappa shape index (κ3) is 2.80. The summed E-state index contributed by atoms with van der Waals surface area (Å²) in [6.07, 6.45) is -0.517. The van der Waals surface area contributed by atoms with Crippen LogP contribution >= 0.6 is 11.3 Å². The molecule has 0 saturated heterocycles. The summed E-state index contributed by atoms with van der Waals surface area (Å²) >= 11 is 1.63. The lowest BCUT2D eigenvalue weighted by atomic mass is 9.92. The van der Waals surface area contributed by atoms with Crippen molar-refractivity contribution in [1.29, 1.82) is 0 Å². The van der Waals surface area contributed by atoms with E-state index in [-0.39, 0.29) is 5.92 Å². The van der Waals surface area contributed by atoms with Crippen LogP contribution in [0.1, 0.15) is 32.9 Å². The largest absolute Gasteiger partial charge is 0.387 e. The minimum atomic E-state index is -0.517. The zero-order valence-electron chi connectivity index (χ0n) is 10.8. The quantitative estimate of drug-likeness (QED) is 0.888. The molecule has 3 N–H and O–H groups in total. The van der Waals surface area contributed by atoms with Crippen LogP contribution in [-0.2, 0) is 0 Å². The van der Waals surface area contributed by atoms with Crippen molar-refractivity contribution < 1.29 is 5.11 Å². The Bertz CT molecular complexity index is 503. The van der Waals surface area contributed by atoms with Crippen molar-refractivity contribution in [3.05, 3.63) is 57.3 Å². The van der Waals surface area contributed by atoms with Gasteiger partial charge in [0.2, 0.25) is 0 Å². The Labute approximate surface area is 112 Å². The predicted octanol–water partition coefficient (Wildman–Crippen LogP) is 3.14. The highest BCUT2D eigenvalue weighted by molar-refractivity contribution is 7.12. The number of benzene rings is 1. The van der Waals surface area contributed by atoms with Gasteiger partial charge >= 0.3 is 0 Å². The molecule has 1 aromatic carbocycles. The van der Waals surface area contributed by atoms with Crippen LogP contribution in [-0.4, -0.2) is 11.7 Å². The summed E-state index contributed by atoms with van der Waals surface area (Å²) in [5, 5.41) is 10.4. The molecular formula is C15H19NOS. The molecule has 0 amide bonds. The van der Waals surface area contributed by atoms with E-state index in [0.717, 1.165) is 10.4 Å². The summed E-state index contributed by atoms with van der Waals surface area (Å²) in [4.78, 5) is 2.20. The Morgan fingerprint density at radius 3 is 2.28 bits per heavy atom. The Morgan fingerprint density at radius 1 is 1.11 bits per heavy atom. The first kappa shape index (κ1) is 13.3. The lowest BCUT2D eigenvalue weighted by molar-refractivity contribution is 0.151. The van der Waals surface area contributed by atoms with Gasteiger partial charge in [0, 0.05) is 22.2 Å². The van der Waals surface area contributed by atoms with Crippen LogP contribution in [0, 0.1) is 13.8 Å². The molecule has 0 aliphatic rings. The first-order valence-corrected chi connectivity index (χ1v) is 6.94. The fourth-order valence-electron chi connectivity index (χ4n) is 2.07. The number of aryl methyl sites for hydroxylation is 2. The molecule has 1 heterocycles. The van der Waals surface area contributed by atoms with Crippen LogP contribution in [0.3, 0.4) is 0 Å². The second-order valence-corrected chi connectivity index (χ2v) is 5.97. The van der Waals surface area contributed by atoms with E-state index < -0.39 is 6.10 Å². The maximum atomic E-state index is 10.4. The summed E-state index contributed by atoms with van der Waals surface area (Å²) in [7, 11) is 0. The molecule has 0 aliphatic heterocycles. The number of hydrogen-bond donors (Lipinski definition) is 2. The third-order valence-electron chi connectivity index (χ3n) is 3.19. The average molecular weight is 261 g/mol. The Balaban J connectivity index is 2.25. The molecule has 2 rings (SSSR count). The number of nitrogens with two attached hydrogens (primary N) is 1. The lowest BCUT2D eigenvalue weighted by Gasteiger charge is -2.21. The van der Waals surface area contributed by atoms with E-state index >= 15 is 0 Å². The number of thiophene rings is 1. The standard InChI is InChI=1S/C15H19NOS/c1-10-3-6-12(7-4-10)13(9-16)15(17)14-8-5-11(2)18-14/h3-8,13,15,17H,9,16H2,1-2H3. The van der Waals surface area contributed by atoms with Crippen molar-refractivity contribution in [3.63, 3.8) is 0 Å². The van der Waals surface area contributed by atoms with Gasteiger partial charge in [-0.2, -0.15) is 0 Å². The molecule has 0 spiro atoms. The van der Waals surface area contributed by atoms with Crippen LogP contribution in [0.5, 0.6) is 0 Å². The van der Waals surface area contributed by atoms with E-state index in [1.807, 2.05) is 19.1 Å². The van der Waals surface area contributed by atoms with Crippen molar-refractivity contribution in [2.45, 2.75) is 25.9 Å². The van der Waals surface area contributed by atoms with Crippen molar-refractivity contribution in [2.24, 2.45) is 5.73 Å². The number of aliphatic hydroxyl groups is 1. The molecule has 2 atom stereocenters. The minimum absolute atomic E-state index is 0.0383. The molecule has 1 aromatic heterocycles. The summed E-state index contributed by atoms with van der Waals surface area (Å²) in [5.74, 6) is -0.0383. The SMILES string of the molecule is Cc1ccc(C(CN)C(O)c2ccc(C)s2)cc1. The zero-order chi connectivity index (χ0) is 13.1. The Hall–Kier alpha value is -1.16. The predicted molar refractivity (Wildman–Crippen MR) is 77.0 cm³/mol. The minimum Gasteiger partial charge on any atom is -0.387 e. The molecule has 96 valence electrons. The number of hydrogen-bond acceptors (Lipinski definition) is 3. The summed E-state index contributed by atoms with van der Waals surface area (Å²) < 4.78 is 0. The topological polar surface area (TPSA) is 46.2 Å².